The van der Waals surface area contributed by atoms with Gasteiger partial charge < -0.3 is 5.73 Å². The fourth-order valence-electron chi connectivity index (χ4n) is 1.91. The van der Waals surface area contributed by atoms with Gasteiger partial charge in [-0.1, -0.05) is 12.1 Å². The molecule has 0 heterocycles. The fourth-order valence-corrected chi connectivity index (χ4v) is 3.33. The van der Waals surface area contributed by atoms with Gasteiger partial charge in [-0.2, -0.15) is 5.26 Å². The number of aryl methyl sites for hydroxylation is 1. The molecule has 0 atom stereocenters. The third-order valence-corrected chi connectivity index (χ3v) is 4.44. The number of nitrogens with two attached hydrogens (primary N) is 1. The average molecular weight is 305 g/mol. The van der Waals surface area contributed by atoms with E-state index in [1.807, 2.05) is 0 Å². The Balaban J connectivity index is 2.46. The number of rotatable bonds is 3. The number of nitrogens with zero attached hydrogens (tertiary/aromatic N) is 1. The Bertz CT molecular complexity index is 822. The smallest absolute Gasteiger partial charge is 0.264 e. The van der Waals surface area contributed by atoms with Crippen LogP contribution in [0, 0.1) is 24.1 Å². The molecule has 0 aliphatic heterocycles. The lowest BCUT2D eigenvalue weighted by Crippen LogP contribution is -2.17. The van der Waals surface area contributed by atoms with Gasteiger partial charge >= 0.3 is 0 Å². The van der Waals surface area contributed by atoms with E-state index in [4.69, 9.17) is 11.0 Å². The monoisotopic (exact) mass is 305 g/mol. The largest absolute Gasteiger partial charge is 0.398 e. The Morgan fingerprint density at radius 3 is 2.57 bits per heavy atom. The Morgan fingerprint density at radius 1 is 1.29 bits per heavy atom. The Kier molecular flexibility index (Phi) is 3.82. The molecule has 3 N–H and O–H groups in total. The third kappa shape index (κ3) is 2.95. The number of nitriles is 1. The molecule has 0 unspecified atom stereocenters. The van der Waals surface area contributed by atoms with Crippen molar-refractivity contribution in [3.63, 3.8) is 0 Å². The molecule has 2 aromatic carbocycles. The summed E-state index contributed by atoms with van der Waals surface area (Å²) in [6.45, 7) is 1.60. The van der Waals surface area contributed by atoms with Gasteiger partial charge in [0.2, 0.25) is 0 Å². The Hall–Kier alpha value is -2.59. The molecule has 0 saturated heterocycles. The van der Waals surface area contributed by atoms with Crippen LogP contribution in [0.4, 0.5) is 15.8 Å². The third-order valence-electron chi connectivity index (χ3n) is 2.85. The van der Waals surface area contributed by atoms with Gasteiger partial charge in [0.05, 0.1) is 23.0 Å². The minimum Gasteiger partial charge on any atom is -0.398 e. The second-order valence-corrected chi connectivity index (χ2v) is 6.02. The van der Waals surface area contributed by atoms with Crippen LogP contribution < -0.4 is 10.5 Å². The highest BCUT2D eigenvalue weighted by Gasteiger charge is 2.21. The van der Waals surface area contributed by atoms with Gasteiger partial charge in [0.25, 0.3) is 10.0 Å². The van der Waals surface area contributed by atoms with Crippen molar-refractivity contribution in [1.29, 1.82) is 5.26 Å². The first kappa shape index (κ1) is 14.8. The molecular formula is C14H12FN3O2S. The van der Waals surface area contributed by atoms with Crippen LogP contribution in [0.5, 0.6) is 0 Å². The van der Waals surface area contributed by atoms with Gasteiger partial charge in [-0.25, -0.2) is 12.8 Å². The molecule has 2 aromatic rings. The molecule has 0 bridgehead atoms. The molecule has 0 amide bonds. The van der Waals surface area contributed by atoms with Crippen molar-refractivity contribution >= 4 is 21.4 Å². The Morgan fingerprint density at radius 2 is 2.00 bits per heavy atom. The van der Waals surface area contributed by atoms with Crippen molar-refractivity contribution < 1.29 is 12.8 Å². The summed E-state index contributed by atoms with van der Waals surface area (Å²) in [6, 6.07) is 9.93. The first-order valence-corrected chi connectivity index (χ1v) is 7.41. The topological polar surface area (TPSA) is 96.0 Å². The minimum atomic E-state index is -4.01. The number of anilines is 2. The molecule has 0 fully saturated rings. The van der Waals surface area contributed by atoms with Crippen molar-refractivity contribution in [2.45, 2.75) is 11.8 Å². The summed E-state index contributed by atoms with van der Waals surface area (Å²) in [7, 11) is -4.01. The maximum atomic E-state index is 13.8. The summed E-state index contributed by atoms with van der Waals surface area (Å²) in [5.41, 5.74) is 6.09. The van der Waals surface area contributed by atoms with Gasteiger partial charge in [0.15, 0.2) is 0 Å². The van der Waals surface area contributed by atoms with E-state index < -0.39 is 15.8 Å². The highest BCUT2D eigenvalue weighted by atomic mass is 32.2. The van der Waals surface area contributed by atoms with Gasteiger partial charge in [-0.05, 0) is 36.8 Å². The van der Waals surface area contributed by atoms with Crippen LogP contribution in [0.3, 0.4) is 0 Å². The highest BCUT2D eigenvalue weighted by molar-refractivity contribution is 7.93. The standard InChI is InChI=1S/C14H12FN3O2S/c1-9-3-2-4-12(17)14(9)21(19,20)18-13-6-5-10(8-16)7-11(13)15/h2-7,18H,17H2,1H3. The number of hydrogen-bond donors (Lipinski definition) is 2. The zero-order valence-corrected chi connectivity index (χ0v) is 11.9. The van der Waals surface area contributed by atoms with Crippen LogP contribution >= 0.6 is 0 Å². The number of halogens is 1. The summed E-state index contributed by atoms with van der Waals surface area (Å²) in [4.78, 5) is -0.0891. The molecule has 0 radical (unpaired) electrons. The van der Waals surface area contributed by atoms with E-state index in [-0.39, 0.29) is 21.8 Å². The number of benzene rings is 2. The summed E-state index contributed by atoms with van der Waals surface area (Å²) >= 11 is 0. The zero-order valence-electron chi connectivity index (χ0n) is 11.1. The van der Waals surface area contributed by atoms with Gasteiger partial charge in [0.1, 0.15) is 10.7 Å². The van der Waals surface area contributed by atoms with Crippen LogP contribution in [-0.4, -0.2) is 8.42 Å². The number of nitrogens with one attached hydrogen (secondary N) is 1. The maximum absolute atomic E-state index is 13.8. The number of sulfonamides is 1. The van der Waals surface area contributed by atoms with E-state index in [1.54, 1.807) is 25.1 Å². The van der Waals surface area contributed by atoms with Crippen molar-refractivity contribution in [2.24, 2.45) is 0 Å². The molecule has 0 spiro atoms. The molecule has 0 aliphatic rings. The van der Waals surface area contributed by atoms with E-state index in [1.165, 1.54) is 18.2 Å². The molecule has 0 saturated carbocycles. The lowest BCUT2D eigenvalue weighted by atomic mass is 10.2. The SMILES string of the molecule is Cc1cccc(N)c1S(=O)(=O)Nc1ccc(C#N)cc1F. The lowest BCUT2D eigenvalue weighted by molar-refractivity contribution is 0.598. The fraction of sp³-hybridized carbons (Fsp3) is 0.0714. The molecular weight excluding hydrogens is 293 g/mol. The number of nitrogen functional groups attached to an aromatic ring is 1. The van der Waals surface area contributed by atoms with E-state index >= 15 is 0 Å². The summed E-state index contributed by atoms with van der Waals surface area (Å²) < 4.78 is 40.6. The average Bonchev–Trinajstić information content (AvgIpc) is 2.40. The van der Waals surface area contributed by atoms with E-state index in [0.29, 0.717) is 5.56 Å². The molecule has 0 aliphatic carbocycles. The van der Waals surface area contributed by atoms with Crippen molar-refractivity contribution in [3.05, 3.63) is 53.3 Å². The predicted molar refractivity (Wildman–Crippen MR) is 77.5 cm³/mol. The molecule has 21 heavy (non-hydrogen) atoms. The van der Waals surface area contributed by atoms with Crippen LogP contribution in [0.2, 0.25) is 0 Å². The molecule has 0 aromatic heterocycles. The first-order valence-electron chi connectivity index (χ1n) is 5.92. The van der Waals surface area contributed by atoms with E-state index in [0.717, 1.165) is 6.07 Å². The lowest BCUT2D eigenvalue weighted by Gasteiger charge is -2.13. The molecule has 108 valence electrons. The number of hydrogen-bond acceptors (Lipinski definition) is 4. The van der Waals surface area contributed by atoms with E-state index in [9.17, 15) is 12.8 Å². The highest BCUT2D eigenvalue weighted by Crippen LogP contribution is 2.26. The second kappa shape index (κ2) is 5.42. The molecule has 2 rings (SSSR count). The molecule has 5 nitrogen and oxygen atoms in total. The Labute approximate surface area is 121 Å². The van der Waals surface area contributed by atoms with Crippen molar-refractivity contribution in [3.8, 4) is 6.07 Å². The van der Waals surface area contributed by atoms with Crippen LogP contribution in [0.15, 0.2) is 41.3 Å². The zero-order chi connectivity index (χ0) is 15.6. The van der Waals surface area contributed by atoms with Crippen molar-refractivity contribution in [1.82, 2.24) is 0 Å². The van der Waals surface area contributed by atoms with Gasteiger partial charge in [-0.3, -0.25) is 4.72 Å². The predicted octanol–water partition coefficient (Wildman–Crippen LogP) is 2.39. The summed E-state index contributed by atoms with van der Waals surface area (Å²) in [5.74, 6) is -0.829. The maximum Gasteiger partial charge on any atom is 0.264 e. The minimum absolute atomic E-state index is 0.0801. The van der Waals surface area contributed by atoms with Crippen LogP contribution in [0.1, 0.15) is 11.1 Å². The van der Waals surface area contributed by atoms with Crippen LogP contribution in [-0.2, 0) is 10.0 Å². The summed E-state index contributed by atoms with van der Waals surface area (Å²) in [6.07, 6.45) is 0. The first-order chi connectivity index (χ1) is 9.85. The van der Waals surface area contributed by atoms with Crippen LogP contribution in [0.25, 0.3) is 0 Å². The van der Waals surface area contributed by atoms with Gasteiger partial charge in [0, 0.05) is 0 Å². The normalized spacial score (nSPS) is 10.9. The van der Waals surface area contributed by atoms with Crippen molar-refractivity contribution in [2.75, 3.05) is 10.5 Å². The summed E-state index contributed by atoms with van der Waals surface area (Å²) in [5, 5.41) is 8.66. The quantitative estimate of drug-likeness (QED) is 0.851. The van der Waals surface area contributed by atoms with E-state index in [2.05, 4.69) is 4.72 Å². The molecule has 7 heteroatoms. The van der Waals surface area contributed by atoms with Gasteiger partial charge in [-0.15, -0.1) is 0 Å². The second-order valence-electron chi connectivity index (χ2n) is 4.41.